The molecular formula is C12H11N3O4. The summed E-state index contributed by atoms with van der Waals surface area (Å²) in [7, 11) is 0. The summed E-state index contributed by atoms with van der Waals surface area (Å²) in [4.78, 5) is 27.4. The van der Waals surface area contributed by atoms with Crippen molar-refractivity contribution in [3.8, 4) is 17.4 Å². The fourth-order valence-corrected chi connectivity index (χ4v) is 2.10. The Hall–Kier alpha value is -2.54. The van der Waals surface area contributed by atoms with Crippen molar-refractivity contribution >= 4 is 0 Å². The van der Waals surface area contributed by atoms with E-state index in [9.17, 15) is 14.7 Å². The Morgan fingerprint density at radius 3 is 2.84 bits per heavy atom. The highest BCUT2D eigenvalue weighted by molar-refractivity contribution is 5.52. The van der Waals surface area contributed by atoms with Gasteiger partial charge < -0.3 is 15.6 Å². The summed E-state index contributed by atoms with van der Waals surface area (Å²) in [6.07, 6.45) is 0.310. The van der Waals surface area contributed by atoms with Crippen LogP contribution < -0.4 is 21.7 Å². The molecule has 1 aliphatic rings. The van der Waals surface area contributed by atoms with Crippen LogP contribution in [-0.2, 0) is 13.0 Å². The molecule has 0 amide bonds. The molecule has 0 unspecified atom stereocenters. The van der Waals surface area contributed by atoms with E-state index in [1.54, 1.807) is 6.07 Å². The fourth-order valence-electron chi connectivity index (χ4n) is 2.10. The maximum absolute atomic E-state index is 11.7. The Balaban J connectivity index is 2.17. The SMILES string of the molecule is NCc1cc2c(cc1O)Oc1[nH]c(=O)[nH]c(=O)c1C2. The van der Waals surface area contributed by atoms with Crippen molar-refractivity contribution in [2.45, 2.75) is 13.0 Å². The molecule has 1 aromatic carbocycles. The molecule has 98 valence electrons. The highest BCUT2D eigenvalue weighted by atomic mass is 16.5. The minimum absolute atomic E-state index is 0.0249. The third-order valence-corrected chi connectivity index (χ3v) is 3.06. The molecule has 7 heteroatoms. The summed E-state index contributed by atoms with van der Waals surface area (Å²) in [5.41, 5.74) is 6.07. The fraction of sp³-hybridized carbons (Fsp3) is 0.167. The molecule has 0 saturated carbocycles. The van der Waals surface area contributed by atoms with Gasteiger partial charge in [0, 0.05) is 30.2 Å². The quantitative estimate of drug-likeness (QED) is 0.488. The second-order valence-corrected chi connectivity index (χ2v) is 4.29. The number of phenolic OH excluding ortho intramolecular Hbond substituents is 1. The number of nitrogens with one attached hydrogen (secondary N) is 2. The Kier molecular flexibility index (Phi) is 2.42. The molecule has 19 heavy (non-hydrogen) atoms. The van der Waals surface area contributed by atoms with E-state index in [-0.39, 0.29) is 18.2 Å². The average Bonchev–Trinajstić information content (AvgIpc) is 2.36. The number of nitrogens with two attached hydrogens (primary N) is 1. The van der Waals surface area contributed by atoms with Gasteiger partial charge in [0.05, 0.1) is 5.56 Å². The number of ether oxygens (including phenoxy) is 1. The predicted molar refractivity (Wildman–Crippen MR) is 66.6 cm³/mol. The molecule has 0 bridgehead atoms. The lowest BCUT2D eigenvalue weighted by Gasteiger charge is -2.19. The molecule has 2 heterocycles. The number of aromatic hydroxyl groups is 1. The largest absolute Gasteiger partial charge is 0.507 e. The van der Waals surface area contributed by atoms with Crippen molar-refractivity contribution in [3.05, 3.63) is 49.7 Å². The highest BCUT2D eigenvalue weighted by Crippen LogP contribution is 2.36. The van der Waals surface area contributed by atoms with Gasteiger partial charge in [0.2, 0.25) is 5.88 Å². The topological polar surface area (TPSA) is 121 Å². The second kappa shape index (κ2) is 3.99. The van der Waals surface area contributed by atoms with Gasteiger partial charge in [-0.15, -0.1) is 0 Å². The smallest absolute Gasteiger partial charge is 0.328 e. The van der Waals surface area contributed by atoms with Crippen molar-refractivity contribution in [2.24, 2.45) is 5.73 Å². The van der Waals surface area contributed by atoms with Gasteiger partial charge in [-0.05, 0) is 6.07 Å². The van der Waals surface area contributed by atoms with E-state index < -0.39 is 11.2 Å². The second-order valence-electron chi connectivity index (χ2n) is 4.29. The summed E-state index contributed by atoms with van der Waals surface area (Å²) in [5, 5.41) is 9.72. The van der Waals surface area contributed by atoms with Crippen LogP contribution in [0.4, 0.5) is 0 Å². The monoisotopic (exact) mass is 261 g/mol. The third kappa shape index (κ3) is 1.80. The molecule has 0 radical (unpaired) electrons. The van der Waals surface area contributed by atoms with Gasteiger partial charge in [0.25, 0.3) is 5.56 Å². The summed E-state index contributed by atoms with van der Waals surface area (Å²) < 4.78 is 5.44. The number of fused-ring (bicyclic) bond motifs is 2. The lowest BCUT2D eigenvalue weighted by Crippen LogP contribution is -2.28. The van der Waals surface area contributed by atoms with Gasteiger partial charge in [-0.2, -0.15) is 0 Å². The Morgan fingerprint density at radius 1 is 1.32 bits per heavy atom. The van der Waals surface area contributed by atoms with Crippen molar-refractivity contribution in [1.82, 2.24) is 9.97 Å². The van der Waals surface area contributed by atoms with E-state index in [1.165, 1.54) is 6.07 Å². The zero-order chi connectivity index (χ0) is 13.6. The first kappa shape index (κ1) is 11.5. The van der Waals surface area contributed by atoms with Crippen LogP contribution in [0.1, 0.15) is 16.7 Å². The zero-order valence-corrected chi connectivity index (χ0v) is 9.82. The summed E-state index contributed by atoms with van der Waals surface area (Å²) >= 11 is 0. The molecule has 1 aliphatic heterocycles. The molecule has 2 aromatic rings. The number of H-pyrrole nitrogens is 2. The number of phenols is 1. The molecule has 5 N–H and O–H groups in total. The van der Waals surface area contributed by atoms with E-state index in [0.29, 0.717) is 23.3 Å². The zero-order valence-electron chi connectivity index (χ0n) is 9.82. The molecule has 0 aliphatic carbocycles. The lowest BCUT2D eigenvalue weighted by atomic mass is 10.0. The normalized spacial score (nSPS) is 12.5. The number of aromatic amines is 2. The van der Waals surface area contributed by atoms with Crippen molar-refractivity contribution in [3.63, 3.8) is 0 Å². The molecule has 0 saturated heterocycles. The number of aromatic nitrogens is 2. The van der Waals surface area contributed by atoms with Crippen LogP contribution in [0.2, 0.25) is 0 Å². The Morgan fingerprint density at radius 2 is 2.11 bits per heavy atom. The van der Waals surface area contributed by atoms with Gasteiger partial charge in [0.1, 0.15) is 11.5 Å². The van der Waals surface area contributed by atoms with E-state index in [0.717, 1.165) is 5.56 Å². The molecular weight excluding hydrogens is 250 g/mol. The Bertz CT molecular complexity index is 776. The summed E-state index contributed by atoms with van der Waals surface area (Å²) in [6.45, 7) is 0.188. The first-order chi connectivity index (χ1) is 9.08. The van der Waals surface area contributed by atoms with Crippen LogP contribution in [0.5, 0.6) is 17.4 Å². The molecule has 0 atom stereocenters. The molecule has 3 rings (SSSR count). The molecule has 0 fully saturated rings. The van der Waals surface area contributed by atoms with Gasteiger partial charge in [0.15, 0.2) is 0 Å². The van der Waals surface area contributed by atoms with Crippen molar-refractivity contribution in [2.75, 3.05) is 0 Å². The molecule has 7 nitrogen and oxygen atoms in total. The number of hydrogen-bond acceptors (Lipinski definition) is 5. The van der Waals surface area contributed by atoms with Crippen LogP contribution >= 0.6 is 0 Å². The predicted octanol–water partition coefficient (Wildman–Crippen LogP) is -0.0760. The van der Waals surface area contributed by atoms with Crippen LogP contribution in [0.25, 0.3) is 0 Å². The van der Waals surface area contributed by atoms with Crippen LogP contribution in [0.15, 0.2) is 21.7 Å². The lowest BCUT2D eigenvalue weighted by molar-refractivity contribution is 0.422. The van der Waals surface area contributed by atoms with Gasteiger partial charge in [-0.25, -0.2) is 4.79 Å². The maximum Gasteiger partial charge on any atom is 0.328 e. The standard InChI is InChI=1S/C12H11N3O4/c13-4-6-1-5-2-7-10(17)14-12(18)15-11(7)19-9(5)3-8(6)16/h1,3,16H,2,4,13H2,(H2,14,15,17,18). The minimum Gasteiger partial charge on any atom is -0.507 e. The maximum atomic E-state index is 11.7. The summed E-state index contributed by atoms with van der Waals surface area (Å²) in [6, 6.07) is 3.12. The van der Waals surface area contributed by atoms with Gasteiger partial charge in [-0.1, -0.05) is 0 Å². The average molecular weight is 261 g/mol. The number of rotatable bonds is 1. The van der Waals surface area contributed by atoms with Gasteiger partial charge in [-0.3, -0.25) is 14.8 Å². The minimum atomic E-state index is -0.630. The molecule has 0 spiro atoms. The van der Waals surface area contributed by atoms with E-state index in [1.807, 2.05) is 0 Å². The third-order valence-electron chi connectivity index (χ3n) is 3.06. The highest BCUT2D eigenvalue weighted by Gasteiger charge is 2.22. The number of benzene rings is 1. The van der Waals surface area contributed by atoms with Crippen LogP contribution in [0, 0.1) is 0 Å². The van der Waals surface area contributed by atoms with Crippen LogP contribution in [0.3, 0.4) is 0 Å². The van der Waals surface area contributed by atoms with E-state index in [4.69, 9.17) is 10.5 Å². The van der Waals surface area contributed by atoms with Crippen molar-refractivity contribution < 1.29 is 9.84 Å². The number of hydrogen-bond donors (Lipinski definition) is 4. The van der Waals surface area contributed by atoms with E-state index >= 15 is 0 Å². The first-order valence-corrected chi connectivity index (χ1v) is 5.66. The van der Waals surface area contributed by atoms with E-state index in [2.05, 4.69) is 9.97 Å². The van der Waals surface area contributed by atoms with Crippen molar-refractivity contribution in [1.29, 1.82) is 0 Å². The first-order valence-electron chi connectivity index (χ1n) is 5.66. The van der Waals surface area contributed by atoms with Gasteiger partial charge >= 0.3 is 5.69 Å². The van der Waals surface area contributed by atoms with Crippen LogP contribution in [-0.4, -0.2) is 15.1 Å². The summed E-state index contributed by atoms with van der Waals surface area (Å²) in [5.74, 6) is 0.543. The Labute approximate surface area is 106 Å². The molecule has 1 aromatic heterocycles.